The zero-order valence-electron chi connectivity index (χ0n) is 9.28. The highest BCUT2D eigenvalue weighted by atomic mass is 35.5. The summed E-state index contributed by atoms with van der Waals surface area (Å²) in [6.45, 7) is 0. The molecule has 18 heavy (non-hydrogen) atoms. The second-order valence-corrected chi connectivity index (χ2v) is 4.51. The van der Waals surface area contributed by atoms with Gasteiger partial charge in [-0.2, -0.15) is 0 Å². The van der Waals surface area contributed by atoms with Crippen molar-refractivity contribution in [3.8, 4) is 0 Å². The van der Waals surface area contributed by atoms with Gasteiger partial charge in [-0.3, -0.25) is 0 Å². The van der Waals surface area contributed by atoms with Crippen LogP contribution in [0.4, 0.5) is 15.8 Å². The molecule has 0 radical (unpaired) electrons. The Bertz CT molecular complexity index is 564. The molecule has 0 saturated carbocycles. The molecule has 0 saturated heterocycles. The summed E-state index contributed by atoms with van der Waals surface area (Å²) >= 11 is 10.8. The molecule has 0 aliphatic heterocycles. The molecule has 0 fully saturated rings. The zero-order valence-corrected chi connectivity index (χ0v) is 10.9. The van der Waals surface area contributed by atoms with Gasteiger partial charge in [0.05, 0.1) is 10.7 Å². The van der Waals surface area contributed by atoms with Crippen LogP contribution in [0.3, 0.4) is 0 Å². The molecule has 5 heteroatoms. The molecule has 0 bridgehead atoms. The summed E-state index contributed by atoms with van der Waals surface area (Å²) in [4.78, 5) is 0.325. The average Bonchev–Trinajstić information content (AvgIpc) is 2.34. The molecule has 0 atom stereocenters. The van der Waals surface area contributed by atoms with Gasteiger partial charge in [-0.15, -0.1) is 0 Å². The summed E-state index contributed by atoms with van der Waals surface area (Å²) in [6.07, 6.45) is 0. The van der Waals surface area contributed by atoms with Crippen molar-refractivity contribution >= 4 is 40.2 Å². The molecule has 2 aromatic rings. The van der Waals surface area contributed by atoms with Gasteiger partial charge in [-0.1, -0.05) is 29.9 Å². The average molecular weight is 281 g/mol. The third-order valence-electron chi connectivity index (χ3n) is 2.40. The van der Waals surface area contributed by atoms with Crippen LogP contribution in [-0.2, 0) is 0 Å². The molecule has 0 aliphatic rings. The SMILES string of the molecule is NC(=S)c1ccc(Nc2c(F)cccc2Cl)cc1. The van der Waals surface area contributed by atoms with Gasteiger partial charge in [0, 0.05) is 11.3 Å². The van der Waals surface area contributed by atoms with Crippen LogP contribution < -0.4 is 11.1 Å². The number of hydrogen-bond donors (Lipinski definition) is 2. The van der Waals surface area contributed by atoms with Crippen molar-refractivity contribution in [3.63, 3.8) is 0 Å². The van der Waals surface area contributed by atoms with Gasteiger partial charge in [0.1, 0.15) is 10.8 Å². The molecular weight excluding hydrogens is 271 g/mol. The fraction of sp³-hybridized carbons (Fsp3) is 0. The second-order valence-electron chi connectivity index (χ2n) is 3.66. The van der Waals surface area contributed by atoms with Gasteiger partial charge in [0.25, 0.3) is 0 Å². The number of nitrogens with one attached hydrogen (secondary N) is 1. The van der Waals surface area contributed by atoms with E-state index in [1.54, 1.807) is 36.4 Å². The topological polar surface area (TPSA) is 38.0 Å². The Morgan fingerprint density at radius 2 is 1.83 bits per heavy atom. The Labute approximate surface area is 115 Å². The van der Waals surface area contributed by atoms with Gasteiger partial charge in [-0.25, -0.2) is 4.39 Å². The number of para-hydroxylation sites is 1. The minimum absolute atomic E-state index is 0.252. The van der Waals surface area contributed by atoms with Crippen LogP contribution in [0.15, 0.2) is 42.5 Å². The Kier molecular flexibility index (Phi) is 3.79. The van der Waals surface area contributed by atoms with E-state index < -0.39 is 5.82 Å². The van der Waals surface area contributed by atoms with Crippen LogP contribution in [0.25, 0.3) is 0 Å². The maximum absolute atomic E-state index is 13.6. The Morgan fingerprint density at radius 3 is 2.39 bits per heavy atom. The molecule has 0 amide bonds. The normalized spacial score (nSPS) is 10.1. The van der Waals surface area contributed by atoms with Crippen molar-refractivity contribution in [2.75, 3.05) is 5.32 Å². The van der Waals surface area contributed by atoms with Gasteiger partial charge in [0.2, 0.25) is 0 Å². The van der Waals surface area contributed by atoms with Crippen LogP contribution in [0.2, 0.25) is 5.02 Å². The fourth-order valence-corrected chi connectivity index (χ4v) is 1.83. The van der Waals surface area contributed by atoms with Crippen molar-refractivity contribution in [2.24, 2.45) is 5.73 Å². The van der Waals surface area contributed by atoms with Crippen molar-refractivity contribution < 1.29 is 4.39 Å². The first-order valence-electron chi connectivity index (χ1n) is 5.19. The number of thiocarbonyl (C=S) groups is 1. The Hall–Kier alpha value is -1.65. The number of rotatable bonds is 3. The van der Waals surface area contributed by atoms with E-state index in [9.17, 15) is 4.39 Å². The Morgan fingerprint density at radius 1 is 1.17 bits per heavy atom. The molecule has 0 unspecified atom stereocenters. The third-order valence-corrected chi connectivity index (χ3v) is 2.95. The van der Waals surface area contributed by atoms with Crippen molar-refractivity contribution in [1.82, 2.24) is 0 Å². The standard InChI is InChI=1S/C13H10ClFN2S/c14-10-2-1-3-11(15)12(10)17-9-6-4-8(5-7-9)13(16)18/h1-7,17H,(H2,16,18). The lowest BCUT2D eigenvalue weighted by atomic mass is 10.2. The van der Waals surface area contributed by atoms with Crippen LogP contribution >= 0.6 is 23.8 Å². The molecule has 2 nitrogen and oxygen atoms in total. The molecule has 92 valence electrons. The van der Waals surface area contributed by atoms with Crippen LogP contribution in [0.1, 0.15) is 5.56 Å². The maximum Gasteiger partial charge on any atom is 0.148 e. The Balaban J connectivity index is 2.26. The lowest BCUT2D eigenvalue weighted by Crippen LogP contribution is -2.08. The van der Waals surface area contributed by atoms with Gasteiger partial charge in [0.15, 0.2) is 0 Å². The van der Waals surface area contributed by atoms with E-state index in [-0.39, 0.29) is 5.69 Å². The van der Waals surface area contributed by atoms with Crippen LogP contribution in [-0.4, -0.2) is 4.99 Å². The number of halogens is 2. The van der Waals surface area contributed by atoms with E-state index in [0.29, 0.717) is 15.7 Å². The first kappa shape index (κ1) is 12.8. The number of anilines is 2. The summed E-state index contributed by atoms with van der Waals surface area (Å²) in [5.41, 5.74) is 7.22. The van der Waals surface area contributed by atoms with Crippen molar-refractivity contribution in [1.29, 1.82) is 0 Å². The van der Waals surface area contributed by atoms with Gasteiger partial charge < -0.3 is 11.1 Å². The summed E-state index contributed by atoms with van der Waals surface area (Å²) < 4.78 is 13.6. The molecular formula is C13H10ClFN2S. The highest BCUT2D eigenvalue weighted by Gasteiger charge is 2.06. The largest absolute Gasteiger partial charge is 0.389 e. The highest BCUT2D eigenvalue weighted by molar-refractivity contribution is 7.80. The van der Waals surface area contributed by atoms with E-state index in [1.165, 1.54) is 6.07 Å². The summed E-state index contributed by atoms with van der Waals surface area (Å²) in [7, 11) is 0. The molecule has 0 aliphatic carbocycles. The maximum atomic E-state index is 13.6. The van der Waals surface area contributed by atoms with E-state index in [4.69, 9.17) is 29.6 Å². The predicted octanol–water partition coefficient (Wildman–Crippen LogP) is 3.86. The second kappa shape index (κ2) is 5.33. The molecule has 0 aromatic heterocycles. The smallest absolute Gasteiger partial charge is 0.148 e. The van der Waals surface area contributed by atoms with E-state index in [0.717, 1.165) is 5.56 Å². The minimum atomic E-state index is -0.402. The van der Waals surface area contributed by atoms with Crippen molar-refractivity contribution in [2.45, 2.75) is 0 Å². The summed E-state index contributed by atoms with van der Waals surface area (Å²) in [5, 5.41) is 3.24. The summed E-state index contributed by atoms with van der Waals surface area (Å²) in [6, 6.07) is 11.6. The lowest BCUT2D eigenvalue weighted by molar-refractivity contribution is 0.632. The first-order valence-corrected chi connectivity index (χ1v) is 5.97. The molecule has 0 spiro atoms. The quantitative estimate of drug-likeness (QED) is 0.839. The van der Waals surface area contributed by atoms with Crippen LogP contribution in [0.5, 0.6) is 0 Å². The monoisotopic (exact) mass is 280 g/mol. The van der Waals surface area contributed by atoms with E-state index in [1.807, 2.05) is 0 Å². The van der Waals surface area contributed by atoms with Crippen LogP contribution in [0, 0.1) is 5.82 Å². The molecule has 2 rings (SSSR count). The first-order chi connectivity index (χ1) is 8.58. The third kappa shape index (κ3) is 2.78. The number of benzene rings is 2. The predicted molar refractivity (Wildman–Crippen MR) is 77.0 cm³/mol. The van der Waals surface area contributed by atoms with Crippen molar-refractivity contribution in [3.05, 3.63) is 58.9 Å². The van der Waals surface area contributed by atoms with E-state index >= 15 is 0 Å². The lowest BCUT2D eigenvalue weighted by Gasteiger charge is -2.09. The molecule has 3 N–H and O–H groups in total. The number of nitrogens with two attached hydrogens (primary N) is 1. The van der Waals surface area contributed by atoms with E-state index in [2.05, 4.69) is 5.32 Å². The highest BCUT2D eigenvalue weighted by Crippen LogP contribution is 2.28. The molecule has 0 heterocycles. The fourth-order valence-electron chi connectivity index (χ4n) is 1.48. The number of hydrogen-bond acceptors (Lipinski definition) is 2. The molecule has 2 aromatic carbocycles. The van der Waals surface area contributed by atoms with Gasteiger partial charge in [-0.05, 0) is 36.4 Å². The summed E-state index contributed by atoms with van der Waals surface area (Å²) in [5.74, 6) is -0.402. The zero-order chi connectivity index (χ0) is 13.1. The minimum Gasteiger partial charge on any atom is -0.389 e. The van der Waals surface area contributed by atoms with Gasteiger partial charge >= 0.3 is 0 Å².